The minimum atomic E-state index is -0.535. The highest BCUT2D eigenvalue weighted by molar-refractivity contribution is 7.18. The predicted molar refractivity (Wildman–Crippen MR) is 135 cm³/mol. The minimum absolute atomic E-state index is 0.0436. The molecule has 8 nitrogen and oxygen atoms in total. The monoisotopic (exact) mass is 491 g/mol. The van der Waals surface area contributed by atoms with Crippen molar-refractivity contribution in [2.24, 2.45) is 0 Å². The van der Waals surface area contributed by atoms with Crippen LogP contribution < -0.4 is 11.1 Å². The van der Waals surface area contributed by atoms with Gasteiger partial charge in [0.2, 0.25) is 0 Å². The number of hydrogen-bond acceptors (Lipinski definition) is 7. The first kappa shape index (κ1) is 24.0. The molecule has 0 spiro atoms. The topological polar surface area (TPSA) is 106 Å². The summed E-state index contributed by atoms with van der Waals surface area (Å²) < 4.78 is 21.2. The van der Waals surface area contributed by atoms with Gasteiger partial charge in [-0.15, -0.1) is 11.3 Å². The average molecular weight is 492 g/mol. The van der Waals surface area contributed by atoms with Gasteiger partial charge in [0.25, 0.3) is 0 Å². The summed E-state index contributed by atoms with van der Waals surface area (Å²) in [5.41, 5.74) is 8.09. The molecule has 3 N–H and O–H groups in total. The smallest absolute Gasteiger partial charge is 0.432 e. The van der Waals surface area contributed by atoms with Crippen molar-refractivity contribution in [1.29, 1.82) is 0 Å². The molecule has 0 radical (unpaired) electrons. The van der Waals surface area contributed by atoms with Crippen LogP contribution in [0.25, 0.3) is 32.4 Å². The lowest BCUT2D eigenvalue weighted by atomic mass is 10.1. The van der Waals surface area contributed by atoms with E-state index < -0.39 is 11.9 Å². The van der Waals surface area contributed by atoms with E-state index in [1.165, 1.54) is 24.5 Å². The third kappa shape index (κ3) is 5.33. The first-order chi connectivity index (χ1) is 16.9. The second kappa shape index (κ2) is 10.4. The summed E-state index contributed by atoms with van der Waals surface area (Å²) in [4.78, 5) is 25.9. The third-order valence-corrected chi connectivity index (χ3v) is 6.26. The fourth-order valence-electron chi connectivity index (χ4n) is 3.46. The molecule has 1 unspecified atom stereocenters. The van der Waals surface area contributed by atoms with Crippen molar-refractivity contribution in [2.75, 3.05) is 19.4 Å². The quantitative estimate of drug-likeness (QED) is 0.220. The van der Waals surface area contributed by atoms with Gasteiger partial charge < -0.3 is 15.8 Å². The molecule has 35 heavy (non-hydrogen) atoms. The standard InChI is InChI=1S/C25H23FN6O2S/c1-15(29-25(33)34-3)14-32(2)24-28-13-12-19(30-24)22-21(17-10-7-11-18(27)20(17)26)31-23(35-22)16-8-5-4-6-9-16/h4-13,15H,2,14,27H2,1,3H3/p+1. The van der Waals surface area contributed by atoms with Gasteiger partial charge in [-0.1, -0.05) is 46.4 Å². The molecule has 0 saturated carbocycles. The number of thiazole rings is 1. The number of nitrogens with zero attached hydrogens (tertiary/aromatic N) is 4. The van der Waals surface area contributed by atoms with E-state index in [2.05, 4.69) is 26.7 Å². The van der Waals surface area contributed by atoms with Crippen molar-refractivity contribution in [1.82, 2.24) is 20.3 Å². The normalized spacial score (nSPS) is 11.6. The largest absolute Gasteiger partial charge is 0.453 e. The molecule has 178 valence electrons. The fourth-order valence-corrected chi connectivity index (χ4v) is 4.51. The highest BCUT2D eigenvalue weighted by atomic mass is 32.1. The number of hydrogen-bond donors (Lipinski definition) is 2. The van der Waals surface area contributed by atoms with E-state index in [1.54, 1.807) is 29.0 Å². The Kier molecular flexibility index (Phi) is 7.11. The number of carbonyl (C=O) groups excluding carboxylic acids is 1. The van der Waals surface area contributed by atoms with Crippen LogP contribution in [0.1, 0.15) is 6.92 Å². The highest BCUT2D eigenvalue weighted by Crippen LogP contribution is 2.41. The van der Waals surface area contributed by atoms with Crippen LogP contribution in [0.3, 0.4) is 0 Å². The van der Waals surface area contributed by atoms with Crippen LogP contribution in [-0.2, 0) is 4.74 Å². The number of benzene rings is 2. The van der Waals surface area contributed by atoms with Gasteiger partial charge in [0.05, 0.1) is 36.0 Å². The summed E-state index contributed by atoms with van der Waals surface area (Å²) in [5, 5.41) is 3.40. The van der Waals surface area contributed by atoms with Crippen molar-refractivity contribution >= 4 is 35.8 Å². The number of amides is 1. The van der Waals surface area contributed by atoms with Gasteiger partial charge in [-0.2, -0.15) is 0 Å². The van der Waals surface area contributed by atoms with Crippen LogP contribution in [0.2, 0.25) is 0 Å². The predicted octanol–water partition coefficient (Wildman–Crippen LogP) is 4.74. The number of aromatic nitrogens is 3. The summed E-state index contributed by atoms with van der Waals surface area (Å²) >= 11 is 1.40. The molecule has 4 aromatic rings. The average Bonchev–Trinajstić information content (AvgIpc) is 3.31. The van der Waals surface area contributed by atoms with Crippen molar-refractivity contribution < 1.29 is 18.5 Å². The molecular weight excluding hydrogens is 467 g/mol. The molecule has 0 aliphatic rings. The SMILES string of the molecule is C=[N+](CC(C)NC(=O)OC)c1nccc(-c2sc(-c3ccccc3)nc2-c2cccc(N)c2F)n1. The van der Waals surface area contributed by atoms with E-state index >= 15 is 4.39 Å². The first-order valence-corrected chi connectivity index (χ1v) is 11.6. The van der Waals surface area contributed by atoms with Crippen LogP contribution in [0.4, 0.5) is 20.8 Å². The van der Waals surface area contributed by atoms with Crippen molar-refractivity contribution in [3.63, 3.8) is 0 Å². The van der Waals surface area contributed by atoms with Gasteiger partial charge in [0.15, 0.2) is 11.5 Å². The Morgan fingerprint density at radius 2 is 1.97 bits per heavy atom. The van der Waals surface area contributed by atoms with E-state index in [-0.39, 0.29) is 11.7 Å². The zero-order valence-corrected chi connectivity index (χ0v) is 20.1. The lowest BCUT2D eigenvalue weighted by molar-refractivity contribution is -0.442. The lowest BCUT2D eigenvalue weighted by Crippen LogP contribution is -2.37. The number of nitrogens with two attached hydrogens (primary N) is 1. The Hall–Kier alpha value is -4.18. The number of rotatable bonds is 7. The maximum atomic E-state index is 15.0. The first-order valence-electron chi connectivity index (χ1n) is 10.7. The minimum Gasteiger partial charge on any atom is -0.453 e. The number of ether oxygens (including phenoxy) is 1. The molecular formula is C25H24FN6O2S+. The summed E-state index contributed by atoms with van der Waals surface area (Å²) in [6, 6.07) is 16.0. The number of nitrogens with one attached hydrogen (secondary N) is 1. The number of carbonyl (C=O) groups is 1. The molecule has 2 aromatic heterocycles. The molecule has 0 aliphatic heterocycles. The van der Waals surface area contributed by atoms with Crippen molar-refractivity contribution in [3.8, 4) is 32.4 Å². The zero-order chi connectivity index (χ0) is 24.9. The molecule has 0 saturated heterocycles. The number of methoxy groups -OCH3 is 1. The van der Waals surface area contributed by atoms with Gasteiger partial charge in [-0.3, -0.25) is 0 Å². The second-order valence-electron chi connectivity index (χ2n) is 7.77. The Bertz CT molecular complexity index is 1380. The second-order valence-corrected chi connectivity index (χ2v) is 8.77. The van der Waals surface area contributed by atoms with Crippen LogP contribution in [0.5, 0.6) is 0 Å². The molecule has 2 aromatic carbocycles. The Morgan fingerprint density at radius 3 is 2.71 bits per heavy atom. The number of alkyl carbamates (subject to hydrolysis) is 1. The lowest BCUT2D eigenvalue weighted by Gasteiger charge is -2.12. The molecule has 0 bridgehead atoms. The Morgan fingerprint density at radius 1 is 1.20 bits per heavy atom. The molecule has 2 heterocycles. The highest BCUT2D eigenvalue weighted by Gasteiger charge is 2.24. The van der Waals surface area contributed by atoms with Crippen LogP contribution in [0, 0.1) is 5.82 Å². The van der Waals surface area contributed by atoms with Gasteiger partial charge in [-0.05, 0) is 19.1 Å². The molecule has 1 atom stereocenters. The maximum absolute atomic E-state index is 15.0. The summed E-state index contributed by atoms with van der Waals surface area (Å²) in [6.07, 6.45) is 1.07. The third-order valence-electron chi connectivity index (χ3n) is 5.13. The van der Waals surface area contributed by atoms with Crippen molar-refractivity contribution in [3.05, 3.63) is 66.6 Å². The van der Waals surface area contributed by atoms with E-state index in [4.69, 9.17) is 10.7 Å². The molecule has 1 amide bonds. The van der Waals surface area contributed by atoms with E-state index in [1.807, 2.05) is 37.3 Å². The van der Waals surface area contributed by atoms with Gasteiger partial charge in [-0.25, -0.2) is 18.7 Å². The van der Waals surface area contributed by atoms with Gasteiger partial charge in [0, 0.05) is 23.9 Å². The van der Waals surface area contributed by atoms with Crippen LogP contribution in [0.15, 0.2) is 60.8 Å². The van der Waals surface area contributed by atoms with E-state index in [0.29, 0.717) is 34.3 Å². The Labute approximate surface area is 206 Å². The fraction of sp³-hybridized carbons (Fsp3) is 0.160. The molecule has 10 heteroatoms. The Balaban J connectivity index is 1.75. The van der Waals surface area contributed by atoms with Crippen LogP contribution in [-0.4, -0.2) is 52.0 Å². The van der Waals surface area contributed by atoms with Crippen LogP contribution >= 0.6 is 11.3 Å². The summed E-state index contributed by atoms with van der Waals surface area (Å²) in [5.74, 6) is -0.191. The van der Waals surface area contributed by atoms with Gasteiger partial charge in [0.1, 0.15) is 11.2 Å². The molecule has 4 rings (SSSR count). The summed E-state index contributed by atoms with van der Waals surface area (Å²) in [6.45, 7) is 6.16. The zero-order valence-electron chi connectivity index (χ0n) is 19.2. The number of nitrogen functional groups attached to an aromatic ring is 1. The molecule has 0 aliphatic carbocycles. The summed E-state index contributed by atoms with van der Waals surface area (Å²) in [7, 11) is 1.30. The van der Waals surface area contributed by atoms with Crippen molar-refractivity contribution in [2.45, 2.75) is 13.0 Å². The van der Waals surface area contributed by atoms with E-state index in [0.717, 1.165) is 10.6 Å². The van der Waals surface area contributed by atoms with Gasteiger partial charge >= 0.3 is 12.0 Å². The maximum Gasteiger partial charge on any atom is 0.432 e. The number of anilines is 1. The van der Waals surface area contributed by atoms with E-state index in [9.17, 15) is 4.79 Å². The molecule has 0 fully saturated rings. The number of halogens is 1.